The van der Waals surface area contributed by atoms with E-state index in [0.717, 1.165) is 30.9 Å². The minimum Gasteiger partial charge on any atom is -0.375 e. The van der Waals surface area contributed by atoms with E-state index in [1.54, 1.807) is 30.3 Å². The van der Waals surface area contributed by atoms with Crippen molar-refractivity contribution in [1.82, 2.24) is 20.5 Å². The summed E-state index contributed by atoms with van der Waals surface area (Å²) >= 11 is 1.70. The third-order valence-corrected chi connectivity index (χ3v) is 5.53. The van der Waals surface area contributed by atoms with Gasteiger partial charge >= 0.3 is 0 Å². The van der Waals surface area contributed by atoms with Crippen LogP contribution in [0.1, 0.15) is 23.2 Å². The highest BCUT2D eigenvalue weighted by molar-refractivity contribution is 14.0. The molecule has 0 saturated carbocycles. The fraction of sp³-hybridized carbons (Fsp3) is 0.476. The van der Waals surface area contributed by atoms with Crippen molar-refractivity contribution in [1.29, 1.82) is 0 Å². The number of aliphatic imine (C=N–C) groups is 1. The first-order chi connectivity index (χ1) is 14.0. The minimum absolute atomic E-state index is 0. The van der Waals surface area contributed by atoms with Gasteiger partial charge in [-0.15, -0.1) is 35.3 Å². The second kappa shape index (κ2) is 14.2. The second-order valence-corrected chi connectivity index (χ2v) is 8.12. The van der Waals surface area contributed by atoms with E-state index in [9.17, 15) is 4.79 Å². The molecule has 0 aliphatic rings. The van der Waals surface area contributed by atoms with Crippen LogP contribution in [0.5, 0.6) is 0 Å². The van der Waals surface area contributed by atoms with Gasteiger partial charge in [0.15, 0.2) is 5.96 Å². The van der Waals surface area contributed by atoms with Crippen molar-refractivity contribution in [2.24, 2.45) is 4.99 Å². The molecule has 0 unspecified atom stereocenters. The zero-order valence-corrected chi connectivity index (χ0v) is 21.4. The number of nitrogens with zero attached hydrogens (tertiary/aromatic N) is 4. The maximum atomic E-state index is 11.9. The summed E-state index contributed by atoms with van der Waals surface area (Å²) in [6, 6.07) is 10.3. The predicted molar refractivity (Wildman–Crippen MR) is 137 cm³/mol. The van der Waals surface area contributed by atoms with Crippen molar-refractivity contribution in [3.8, 4) is 0 Å². The summed E-state index contributed by atoms with van der Waals surface area (Å²) in [6.45, 7) is 4.52. The first-order valence-electron chi connectivity index (χ1n) is 9.91. The molecular weight excluding hydrogens is 511 g/mol. The van der Waals surface area contributed by atoms with E-state index < -0.39 is 0 Å². The number of hydrogen-bond acceptors (Lipinski definition) is 5. The number of para-hydroxylation sites is 1. The standard InChI is InChI=1S/C21H32N6OS.HI/c1-5-18-14-23-19(29-18)15-24-21(25-16-20(28)26(2)3)22-12-9-13-27(4)17-10-7-6-8-11-17;/h6-8,10-11,14H,5,9,12-13,15-16H2,1-4H3,(H2,22,24,25);1H. The first kappa shape index (κ1) is 26.2. The van der Waals surface area contributed by atoms with Crippen LogP contribution in [0.4, 0.5) is 5.69 Å². The van der Waals surface area contributed by atoms with Crippen molar-refractivity contribution < 1.29 is 4.79 Å². The Kier molecular flexibility index (Phi) is 12.4. The number of amides is 1. The van der Waals surface area contributed by atoms with Crippen LogP contribution in [0, 0.1) is 0 Å². The average Bonchev–Trinajstić information content (AvgIpc) is 3.20. The molecule has 2 rings (SSSR count). The Labute approximate surface area is 201 Å². The number of hydrogen-bond donors (Lipinski definition) is 2. The molecule has 0 saturated heterocycles. The highest BCUT2D eigenvalue weighted by Crippen LogP contribution is 2.13. The lowest BCUT2D eigenvalue weighted by molar-refractivity contribution is -0.127. The third kappa shape index (κ3) is 9.29. The number of benzene rings is 1. The minimum atomic E-state index is -0.0302. The van der Waals surface area contributed by atoms with Crippen LogP contribution >= 0.6 is 35.3 Å². The quantitative estimate of drug-likeness (QED) is 0.208. The first-order valence-corrected chi connectivity index (χ1v) is 10.7. The molecule has 0 spiro atoms. The monoisotopic (exact) mass is 544 g/mol. The van der Waals surface area contributed by atoms with E-state index in [0.29, 0.717) is 12.5 Å². The number of aromatic nitrogens is 1. The van der Waals surface area contributed by atoms with E-state index in [2.05, 4.69) is 51.6 Å². The number of halogens is 1. The van der Waals surface area contributed by atoms with Gasteiger partial charge in [0.1, 0.15) is 11.6 Å². The van der Waals surface area contributed by atoms with Gasteiger partial charge in [-0.05, 0) is 25.0 Å². The number of carbonyl (C=O) groups excluding carboxylic acids is 1. The van der Waals surface area contributed by atoms with E-state index in [4.69, 9.17) is 0 Å². The molecule has 7 nitrogen and oxygen atoms in total. The average molecular weight is 545 g/mol. The number of guanidine groups is 1. The summed E-state index contributed by atoms with van der Waals surface area (Å²) in [5.41, 5.74) is 1.20. The van der Waals surface area contributed by atoms with Crippen LogP contribution in [-0.4, -0.2) is 62.5 Å². The molecule has 1 aromatic carbocycles. The molecule has 1 aromatic heterocycles. The number of aryl methyl sites for hydroxylation is 1. The van der Waals surface area contributed by atoms with Gasteiger partial charge in [0.05, 0.1) is 6.54 Å². The summed E-state index contributed by atoms with van der Waals surface area (Å²) < 4.78 is 0. The van der Waals surface area contributed by atoms with Gasteiger partial charge < -0.3 is 20.4 Å². The maximum Gasteiger partial charge on any atom is 0.243 e. The van der Waals surface area contributed by atoms with Crippen molar-refractivity contribution >= 4 is 52.9 Å². The van der Waals surface area contributed by atoms with Crippen molar-refractivity contribution in [3.63, 3.8) is 0 Å². The Morgan fingerprint density at radius 1 is 1.17 bits per heavy atom. The molecule has 9 heteroatoms. The van der Waals surface area contributed by atoms with Gasteiger partial charge in [0.25, 0.3) is 0 Å². The van der Waals surface area contributed by atoms with Crippen LogP contribution in [0.2, 0.25) is 0 Å². The zero-order chi connectivity index (χ0) is 21.1. The number of carbonyl (C=O) groups is 1. The molecule has 0 aliphatic heterocycles. The fourth-order valence-corrected chi connectivity index (χ4v) is 3.35. The Morgan fingerprint density at radius 2 is 1.90 bits per heavy atom. The SMILES string of the molecule is CCc1cnc(CNC(=NCC(=O)N(C)C)NCCCN(C)c2ccccc2)s1.I. The van der Waals surface area contributed by atoms with Gasteiger partial charge in [-0.3, -0.25) is 4.79 Å². The summed E-state index contributed by atoms with van der Waals surface area (Å²) in [7, 11) is 5.56. The van der Waals surface area contributed by atoms with Crippen molar-refractivity contribution in [2.45, 2.75) is 26.3 Å². The topological polar surface area (TPSA) is 72.9 Å². The molecule has 0 fully saturated rings. The molecule has 1 heterocycles. The normalized spacial score (nSPS) is 10.9. The van der Waals surface area contributed by atoms with Crippen LogP contribution in [-0.2, 0) is 17.8 Å². The largest absolute Gasteiger partial charge is 0.375 e. The van der Waals surface area contributed by atoms with Crippen molar-refractivity contribution in [3.05, 3.63) is 46.4 Å². The van der Waals surface area contributed by atoms with Gasteiger partial charge in [0, 0.05) is 51.0 Å². The zero-order valence-electron chi connectivity index (χ0n) is 18.2. The Morgan fingerprint density at radius 3 is 2.53 bits per heavy atom. The highest BCUT2D eigenvalue weighted by Gasteiger charge is 2.07. The van der Waals surface area contributed by atoms with Gasteiger partial charge in [0.2, 0.25) is 5.91 Å². The number of nitrogens with one attached hydrogen (secondary N) is 2. The lowest BCUT2D eigenvalue weighted by Crippen LogP contribution is -2.39. The maximum absolute atomic E-state index is 11.9. The van der Waals surface area contributed by atoms with E-state index >= 15 is 0 Å². The van der Waals surface area contributed by atoms with Crippen LogP contribution in [0.15, 0.2) is 41.5 Å². The van der Waals surface area contributed by atoms with Gasteiger partial charge in [-0.1, -0.05) is 25.1 Å². The lowest BCUT2D eigenvalue weighted by atomic mass is 10.3. The van der Waals surface area contributed by atoms with E-state index in [-0.39, 0.29) is 36.4 Å². The molecule has 30 heavy (non-hydrogen) atoms. The van der Waals surface area contributed by atoms with Crippen LogP contribution in [0.25, 0.3) is 0 Å². The Hall–Kier alpha value is -1.88. The molecule has 166 valence electrons. The molecule has 1 amide bonds. The molecule has 2 aromatic rings. The number of rotatable bonds is 10. The molecule has 0 atom stereocenters. The number of likely N-dealkylation sites (N-methyl/N-ethyl adjacent to an activating group) is 1. The molecule has 0 bridgehead atoms. The van der Waals surface area contributed by atoms with Crippen LogP contribution < -0.4 is 15.5 Å². The molecule has 0 radical (unpaired) electrons. The van der Waals surface area contributed by atoms with E-state index in [1.165, 1.54) is 10.6 Å². The Bertz CT molecular complexity index is 781. The third-order valence-electron chi connectivity index (χ3n) is 4.39. The summed E-state index contributed by atoms with van der Waals surface area (Å²) in [5.74, 6) is 0.605. The summed E-state index contributed by atoms with van der Waals surface area (Å²) in [6.07, 6.45) is 3.86. The highest BCUT2D eigenvalue weighted by atomic mass is 127. The second-order valence-electron chi connectivity index (χ2n) is 6.92. The smallest absolute Gasteiger partial charge is 0.243 e. The summed E-state index contributed by atoms with van der Waals surface area (Å²) in [5, 5.41) is 7.63. The fourth-order valence-electron chi connectivity index (χ4n) is 2.55. The molecular formula is C21H33IN6OS. The lowest BCUT2D eigenvalue weighted by Gasteiger charge is -2.19. The predicted octanol–water partition coefficient (Wildman–Crippen LogP) is 2.97. The van der Waals surface area contributed by atoms with Gasteiger partial charge in [-0.25, -0.2) is 9.98 Å². The van der Waals surface area contributed by atoms with Crippen LogP contribution in [0.3, 0.4) is 0 Å². The Balaban J connectivity index is 0.00000450. The molecule has 0 aliphatic carbocycles. The van der Waals surface area contributed by atoms with E-state index in [1.807, 2.05) is 24.4 Å². The summed E-state index contributed by atoms with van der Waals surface area (Å²) in [4.78, 5) is 25.8. The molecule has 2 N–H and O–H groups in total. The number of thiazole rings is 1. The van der Waals surface area contributed by atoms with Crippen molar-refractivity contribution in [2.75, 3.05) is 45.7 Å². The van der Waals surface area contributed by atoms with Gasteiger partial charge in [-0.2, -0.15) is 0 Å². The number of anilines is 1.